The molecule has 0 radical (unpaired) electrons. The molecule has 1 fully saturated rings. The molecule has 1 aromatic rings. The summed E-state index contributed by atoms with van der Waals surface area (Å²) in [7, 11) is 1.32. The monoisotopic (exact) mass is 433 g/mol. The Morgan fingerprint density at radius 2 is 2.29 bits per heavy atom. The number of thioether (sulfide) groups is 1. The van der Waals surface area contributed by atoms with Crippen LogP contribution in [0.15, 0.2) is 29.2 Å². The van der Waals surface area contributed by atoms with E-state index in [1.165, 1.54) is 23.8 Å². The molecule has 1 heterocycles. The zero-order valence-corrected chi connectivity index (χ0v) is 15.0. The first-order chi connectivity index (χ1) is 10.0. The van der Waals surface area contributed by atoms with Gasteiger partial charge in [-0.3, -0.25) is 14.5 Å². The van der Waals surface area contributed by atoms with E-state index in [4.69, 9.17) is 12.2 Å². The first-order valence-electron chi connectivity index (χ1n) is 6.09. The van der Waals surface area contributed by atoms with Gasteiger partial charge >= 0.3 is 5.97 Å². The van der Waals surface area contributed by atoms with Gasteiger partial charge in [0.1, 0.15) is 4.32 Å². The lowest BCUT2D eigenvalue weighted by Gasteiger charge is -2.12. The Kier molecular flexibility index (Phi) is 5.77. The molecule has 2 rings (SSSR count). The number of carbonyl (C=O) groups excluding carboxylic acids is 2. The van der Waals surface area contributed by atoms with E-state index in [2.05, 4.69) is 27.3 Å². The fourth-order valence-electron chi connectivity index (χ4n) is 1.75. The summed E-state index contributed by atoms with van der Waals surface area (Å²) in [5.74, 6) is -0.515. The molecule has 0 atom stereocenters. The summed E-state index contributed by atoms with van der Waals surface area (Å²) in [6, 6.07) is 7.84. The van der Waals surface area contributed by atoms with E-state index in [9.17, 15) is 9.59 Å². The summed E-state index contributed by atoms with van der Waals surface area (Å²) >= 11 is 8.68. The smallest absolute Gasteiger partial charge is 0.307 e. The lowest BCUT2D eigenvalue weighted by molar-refractivity contribution is -0.140. The fraction of sp³-hybridized carbons (Fsp3) is 0.214. The number of methoxy groups -OCH3 is 1. The van der Waals surface area contributed by atoms with Gasteiger partial charge in [-0.2, -0.15) is 0 Å². The molecule has 1 saturated heterocycles. The lowest BCUT2D eigenvalue weighted by atomic mass is 10.2. The average Bonchev–Trinajstić information content (AvgIpc) is 2.71. The maximum Gasteiger partial charge on any atom is 0.307 e. The Labute approximate surface area is 146 Å². The lowest BCUT2D eigenvalue weighted by Crippen LogP contribution is -2.30. The Morgan fingerprint density at radius 3 is 2.95 bits per heavy atom. The van der Waals surface area contributed by atoms with Gasteiger partial charge in [0.25, 0.3) is 5.91 Å². The third-order valence-electron chi connectivity index (χ3n) is 2.79. The predicted octanol–water partition coefficient (Wildman–Crippen LogP) is 3.06. The highest BCUT2D eigenvalue weighted by atomic mass is 127. The number of hydrogen-bond donors (Lipinski definition) is 0. The molecule has 1 aliphatic rings. The molecule has 0 aromatic heterocycles. The minimum Gasteiger partial charge on any atom is -0.469 e. The number of nitrogens with zero attached hydrogens (tertiary/aromatic N) is 1. The summed E-state index contributed by atoms with van der Waals surface area (Å²) in [6.07, 6.45) is 1.96. The van der Waals surface area contributed by atoms with Crippen molar-refractivity contribution < 1.29 is 14.3 Å². The number of rotatable bonds is 4. The van der Waals surface area contributed by atoms with Gasteiger partial charge in [-0.1, -0.05) is 36.1 Å². The second kappa shape index (κ2) is 7.37. The minimum atomic E-state index is -0.356. The topological polar surface area (TPSA) is 46.6 Å². The van der Waals surface area contributed by atoms with Gasteiger partial charge in [-0.25, -0.2) is 0 Å². The number of carbonyl (C=O) groups is 2. The van der Waals surface area contributed by atoms with Crippen LogP contribution in [0.5, 0.6) is 0 Å². The minimum absolute atomic E-state index is 0.138. The van der Waals surface area contributed by atoms with Gasteiger partial charge in [0, 0.05) is 10.1 Å². The molecule has 0 saturated carbocycles. The zero-order chi connectivity index (χ0) is 15.4. The van der Waals surface area contributed by atoms with E-state index < -0.39 is 0 Å². The number of benzene rings is 1. The highest BCUT2D eigenvalue weighted by Gasteiger charge is 2.32. The molecule has 21 heavy (non-hydrogen) atoms. The highest BCUT2D eigenvalue weighted by Crippen LogP contribution is 2.32. The molecular weight excluding hydrogens is 421 g/mol. The Hall–Kier alpha value is -0.930. The van der Waals surface area contributed by atoms with Gasteiger partial charge in [0.2, 0.25) is 0 Å². The van der Waals surface area contributed by atoms with Gasteiger partial charge in [-0.05, 0) is 46.4 Å². The first-order valence-corrected chi connectivity index (χ1v) is 8.39. The second-order valence-corrected chi connectivity index (χ2v) is 7.14. The molecule has 0 bridgehead atoms. The quantitative estimate of drug-likeness (QED) is 0.316. The molecule has 0 spiro atoms. The van der Waals surface area contributed by atoms with Crippen LogP contribution in [-0.4, -0.2) is 34.8 Å². The Morgan fingerprint density at radius 1 is 1.52 bits per heavy atom. The van der Waals surface area contributed by atoms with Crippen LogP contribution >= 0.6 is 46.6 Å². The van der Waals surface area contributed by atoms with Crippen LogP contribution in [0.3, 0.4) is 0 Å². The first kappa shape index (κ1) is 16.4. The predicted molar refractivity (Wildman–Crippen MR) is 95.7 cm³/mol. The van der Waals surface area contributed by atoms with Crippen molar-refractivity contribution in [2.75, 3.05) is 13.7 Å². The van der Waals surface area contributed by atoms with E-state index in [1.54, 1.807) is 0 Å². The standard InChI is InChI=1S/C14H12INO3S2/c1-19-12(17)5-6-16-13(18)11(21-14(16)20)8-9-3-2-4-10(15)7-9/h2-4,7-8H,5-6H2,1H3/b11-8+. The van der Waals surface area contributed by atoms with Crippen molar-refractivity contribution in [2.45, 2.75) is 6.42 Å². The second-order valence-electron chi connectivity index (χ2n) is 4.21. The van der Waals surface area contributed by atoms with Crippen LogP contribution in [0, 0.1) is 3.57 Å². The number of thiocarbonyl (C=S) groups is 1. The van der Waals surface area contributed by atoms with E-state index in [1.807, 2.05) is 30.3 Å². The molecule has 7 heteroatoms. The van der Waals surface area contributed by atoms with E-state index in [-0.39, 0.29) is 24.8 Å². The Bertz CT molecular complexity index is 630. The van der Waals surface area contributed by atoms with Crippen molar-refractivity contribution in [3.63, 3.8) is 0 Å². The van der Waals surface area contributed by atoms with Gasteiger partial charge in [0.05, 0.1) is 18.4 Å². The molecule has 0 unspecified atom stereocenters. The number of esters is 1. The summed E-state index contributed by atoms with van der Waals surface area (Å²) in [5.41, 5.74) is 0.954. The number of ether oxygens (including phenoxy) is 1. The van der Waals surface area contributed by atoms with E-state index in [0.717, 1.165) is 9.13 Å². The third-order valence-corrected chi connectivity index (χ3v) is 4.84. The largest absolute Gasteiger partial charge is 0.469 e. The van der Waals surface area contributed by atoms with Crippen molar-refractivity contribution in [2.24, 2.45) is 0 Å². The van der Waals surface area contributed by atoms with Gasteiger partial charge in [-0.15, -0.1) is 0 Å². The molecule has 1 aromatic carbocycles. The van der Waals surface area contributed by atoms with Crippen LogP contribution in [0.25, 0.3) is 6.08 Å². The van der Waals surface area contributed by atoms with Crippen LogP contribution in [0.4, 0.5) is 0 Å². The fourth-order valence-corrected chi connectivity index (χ4v) is 3.62. The summed E-state index contributed by atoms with van der Waals surface area (Å²) < 4.78 is 6.15. The SMILES string of the molecule is COC(=O)CCN1C(=O)/C(=C\c2cccc(I)c2)SC1=S. The molecular formula is C14H12INO3S2. The summed E-state index contributed by atoms with van der Waals surface area (Å²) in [4.78, 5) is 25.5. The molecule has 4 nitrogen and oxygen atoms in total. The van der Waals surface area contributed by atoms with Crippen molar-refractivity contribution >= 4 is 68.8 Å². The molecule has 110 valence electrons. The van der Waals surface area contributed by atoms with E-state index in [0.29, 0.717) is 9.23 Å². The maximum atomic E-state index is 12.3. The normalized spacial score (nSPS) is 16.7. The number of amides is 1. The molecule has 1 amide bonds. The summed E-state index contributed by atoms with van der Waals surface area (Å²) in [6.45, 7) is 0.251. The molecule has 0 N–H and O–H groups in total. The molecule has 1 aliphatic heterocycles. The summed E-state index contributed by atoms with van der Waals surface area (Å²) in [5, 5.41) is 0. The van der Waals surface area contributed by atoms with Gasteiger partial charge in [0.15, 0.2) is 0 Å². The van der Waals surface area contributed by atoms with Crippen LogP contribution in [0.2, 0.25) is 0 Å². The van der Waals surface area contributed by atoms with E-state index >= 15 is 0 Å². The highest BCUT2D eigenvalue weighted by molar-refractivity contribution is 14.1. The van der Waals surface area contributed by atoms with Crippen LogP contribution in [-0.2, 0) is 14.3 Å². The number of halogens is 1. The number of hydrogen-bond acceptors (Lipinski definition) is 5. The maximum absolute atomic E-state index is 12.3. The van der Waals surface area contributed by atoms with Crippen molar-refractivity contribution in [1.82, 2.24) is 4.90 Å². The Balaban J connectivity index is 2.12. The van der Waals surface area contributed by atoms with Crippen molar-refractivity contribution in [3.8, 4) is 0 Å². The molecule has 0 aliphatic carbocycles. The van der Waals surface area contributed by atoms with Crippen molar-refractivity contribution in [3.05, 3.63) is 38.3 Å². The van der Waals surface area contributed by atoms with Crippen LogP contribution < -0.4 is 0 Å². The zero-order valence-electron chi connectivity index (χ0n) is 11.2. The van der Waals surface area contributed by atoms with Gasteiger partial charge < -0.3 is 4.74 Å². The average molecular weight is 433 g/mol. The third kappa shape index (κ3) is 4.27. The van der Waals surface area contributed by atoms with Crippen LogP contribution in [0.1, 0.15) is 12.0 Å². The van der Waals surface area contributed by atoms with Crippen molar-refractivity contribution in [1.29, 1.82) is 0 Å².